The van der Waals surface area contributed by atoms with Gasteiger partial charge in [-0.15, -0.1) is 0 Å². The Morgan fingerprint density at radius 1 is 1.18 bits per heavy atom. The summed E-state index contributed by atoms with van der Waals surface area (Å²) in [5.41, 5.74) is 1.89. The first kappa shape index (κ1) is 14.0. The minimum Gasteiger partial charge on any atom is -0.497 e. The summed E-state index contributed by atoms with van der Waals surface area (Å²) in [6, 6.07) is 14.0. The fraction of sp³-hybridized carbons (Fsp3) is 0.200. The molecule has 1 heterocycles. The first-order valence-corrected chi connectivity index (χ1v) is 6.74. The molecule has 0 unspecified atom stereocenters. The number of hydrogen-bond acceptors (Lipinski definition) is 6. The van der Waals surface area contributed by atoms with Gasteiger partial charge in [-0.1, -0.05) is 17.4 Å². The Kier molecular flexibility index (Phi) is 3.69. The maximum atomic E-state index is 10.7. The number of rotatable bonds is 4. The third-order valence-corrected chi connectivity index (χ3v) is 3.54. The van der Waals surface area contributed by atoms with Gasteiger partial charge < -0.3 is 4.74 Å². The maximum absolute atomic E-state index is 10.7. The van der Waals surface area contributed by atoms with E-state index in [0.717, 1.165) is 17.0 Å². The lowest BCUT2D eigenvalue weighted by Crippen LogP contribution is -2.20. The first-order chi connectivity index (χ1) is 10.7. The minimum absolute atomic E-state index is 0.0210. The molecule has 22 heavy (non-hydrogen) atoms. The number of benzene rings is 2. The standard InChI is InChI=1S/C15H14N4O3/c1-22-14-8-2-11(3-9-14)15-10-16-17-18(15)12-4-6-13(7-5-12)19(20)21/h2-9,15H,10H2,1H3/t15-/m1/s1. The Bertz CT molecular complexity index is 698. The van der Waals surface area contributed by atoms with Crippen molar-refractivity contribution in [3.63, 3.8) is 0 Å². The predicted octanol–water partition coefficient (Wildman–Crippen LogP) is 3.53. The van der Waals surface area contributed by atoms with Crippen LogP contribution in [0.15, 0.2) is 58.9 Å². The van der Waals surface area contributed by atoms with Crippen LogP contribution in [-0.2, 0) is 0 Å². The van der Waals surface area contributed by atoms with Crippen LogP contribution in [0, 0.1) is 10.1 Å². The highest BCUT2D eigenvalue weighted by Gasteiger charge is 2.25. The smallest absolute Gasteiger partial charge is 0.269 e. The monoisotopic (exact) mass is 298 g/mol. The van der Waals surface area contributed by atoms with Crippen LogP contribution in [0.2, 0.25) is 0 Å². The normalized spacial score (nSPS) is 16.8. The maximum Gasteiger partial charge on any atom is 0.269 e. The molecule has 2 aromatic carbocycles. The third kappa shape index (κ3) is 2.60. The lowest BCUT2D eigenvalue weighted by molar-refractivity contribution is -0.384. The van der Waals surface area contributed by atoms with Crippen molar-refractivity contribution in [2.45, 2.75) is 6.04 Å². The van der Waals surface area contributed by atoms with Gasteiger partial charge in [0, 0.05) is 12.1 Å². The van der Waals surface area contributed by atoms with Gasteiger partial charge in [-0.05, 0) is 29.8 Å². The Morgan fingerprint density at radius 3 is 2.45 bits per heavy atom. The molecule has 0 saturated carbocycles. The lowest BCUT2D eigenvalue weighted by atomic mass is 10.1. The molecular formula is C15H14N4O3. The molecule has 1 aliphatic heterocycles. The Morgan fingerprint density at radius 2 is 1.86 bits per heavy atom. The molecule has 112 valence electrons. The summed E-state index contributed by atoms with van der Waals surface area (Å²) < 4.78 is 5.15. The molecule has 1 aliphatic rings. The Balaban J connectivity index is 1.85. The highest BCUT2D eigenvalue weighted by Crippen LogP contribution is 2.33. The van der Waals surface area contributed by atoms with Crippen molar-refractivity contribution in [2.24, 2.45) is 10.3 Å². The number of non-ortho nitro benzene ring substituents is 1. The van der Waals surface area contributed by atoms with Gasteiger partial charge in [0.2, 0.25) is 0 Å². The summed E-state index contributed by atoms with van der Waals surface area (Å²) in [4.78, 5) is 10.3. The second-order valence-electron chi connectivity index (χ2n) is 4.82. The summed E-state index contributed by atoms with van der Waals surface area (Å²) >= 11 is 0. The van der Waals surface area contributed by atoms with Gasteiger partial charge in [0.1, 0.15) is 11.8 Å². The Labute approximate surface area is 127 Å². The summed E-state index contributed by atoms with van der Waals surface area (Å²) in [6.45, 7) is 0.545. The van der Waals surface area contributed by atoms with E-state index in [1.54, 1.807) is 24.3 Å². The van der Waals surface area contributed by atoms with Gasteiger partial charge >= 0.3 is 0 Å². The molecule has 0 bridgehead atoms. The zero-order valence-corrected chi connectivity index (χ0v) is 11.9. The molecule has 3 rings (SSSR count). The van der Waals surface area contributed by atoms with Gasteiger partial charge in [0.05, 0.1) is 24.3 Å². The van der Waals surface area contributed by atoms with E-state index in [9.17, 15) is 10.1 Å². The largest absolute Gasteiger partial charge is 0.497 e. The van der Waals surface area contributed by atoms with Crippen molar-refractivity contribution in [1.29, 1.82) is 0 Å². The number of nitro groups is 1. The summed E-state index contributed by atoms with van der Waals surface area (Å²) in [5.74, 6) is 0.789. The van der Waals surface area contributed by atoms with E-state index in [4.69, 9.17) is 4.74 Å². The van der Waals surface area contributed by atoms with Gasteiger partial charge in [0.25, 0.3) is 5.69 Å². The van der Waals surface area contributed by atoms with E-state index in [0.29, 0.717) is 6.54 Å². The number of nitro benzene ring substituents is 1. The highest BCUT2D eigenvalue weighted by molar-refractivity contribution is 5.52. The second-order valence-corrected chi connectivity index (χ2v) is 4.82. The fourth-order valence-corrected chi connectivity index (χ4v) is 2.35. The van der Waals surface area contributed by atoms with Crippen molar-refractivity contribution >= 4 is 11.4 Å². The molecule has 2 aromatic rings. The van der Waals surface area contributed by atoms with E-state index in [-0.39, 0.29) is 11.7 Å². The second kappa shape index (κ2) is 5.80. The topological polar surface area (TPSA) is 80.3 Å². The lowest BCUT2D eigenvalue weighted by Gasteiger charge is -2.22. The van der Waals surface area contributed by atoms with E-state index in [1.165, 1.54) is 12.1 Å². The molecule has 0 amide bonds. The van der Waals surface area contributed by atoms with E-state index < -0.39 is 4.92 Å². The average molecular weight is 298 g/mol. The van der Waals surface area contributed by atoms with Crippen molar-refractivity contribution in [3.05, 3.63) is 64.2 Å². The zero-order chi connectivity index (χ0) is 15.5. The van der Waals surface area contributed by atoms with Crippen LogP contribution in [0.1, 0.15) is 11.6 Å². The molecular weight excluding hydrogens is 284 g/mol. The highest BCUT2D eigenvalue weighted by atomic mass is 16.6. The number of anilines is 1. The molecule has 1 atom stereocenters. The van der Waals surface area contributed by atoms with E-state index in [2.05, 4.69) is 10.3 Å². The minimum atomic E-state index is -0.420. The number of nitrogens with zero attached hydrogens (tertiary/aromatic N) is 4. The SMILES string of the molecule is COc1ccc([C@H]2CN=NN2c2ccc([N+](=O)[O-])cc2)cc1. The first-order valence-electron chi connectivity index (χ1n) is 6.74. The number of hydrogen-bond donors (Lipinski definition) is 0. The van der Waals surface area contributed by atoms with Gasteiger partial charge in [0.15, 0.2) is 0 Å². The summed E-state index contributed by atoms with van der Waals surface area (Å²) in [5, 5.41) is 20.7. The van der Waals surface area contributed by atoms with Gasteiger partial charge in [-0.3, -0.25) is 10.1 Å². The summed E-state index contributed by atoms with van der Waals surface area (Å²) in [6.07, 6.45) is 0. The molecule has 0 spiro atoms. The van der Waals surface area contributed by atoms with Crippen LogP contribution >= 0.6 is 0 Å². The van der Waals surface area contributed by atoms with Crippen LogP contribution in [0.3, 0.4) is 0 Å². The predicted molar refractivity (Wildman–Crippen MR) is 81.0 cm³/mol. The van der Waals surface area contributed by atoms with E-state index >= 15 is 0 Å². The van der Waals surface area contributed by atoms with Crippen LogP contribution in [-0.4, -0.2) is 18.6 Å². The van der Waals surface area contributed by atoms with Crippen LogP contribution in [0.25, 0.3) is 0 Å². The summed E-state index contributed by atoms with van der Waals surface area (Å²) in [7, 11) is 1.62. The van der Waals surface area contributed by atoms with Crippen LogP contribution in [0.4, 0.5) is 11.4 Å². The molecule has 0 fully saturated rings. The third-order valence-electron chi connectivity index (χ3n) is 3.54. The molecule has 0 aromatic heterocycles. The van der Waals surface area contributed by atoms with Gasteiger partial charge in [-0.2, -0.15) is 5.11 Å². The van der Waals surface area contributed by atoms with E-state index in [1.807, 2.05) is 24.3 Å². The van der Waals surface area contributed by atoms with Crippen molar-refractivity contribution < 1.29 is 9.66 Å². The zero-order valence-electron chi connectivity index (χ0n) is 11.9. The molecule has 0 aliphatic carbocycles. The van der Waals surface area contributed by atoms with Gasteiger partial charge in [-0.25, -0.2) is 5.01 Å². The fourth-order valence-electron chi connectivity index (χ4n) is 2.35. The average Bonchev–Trinajstić information content (AvgIpc) is 3.04. The molecule has 0 saturated heterocycles. The Hall–Kier alpha value is -2.96. The quantitative estimate of drug-likeness (QED) is 0.638. The van der Waals surface area contributed by atoms with Crippen LogP contribution in [0.5, 0.6) is 5.75 Å². The van der Waals surface area contributed by atoms with Crippen molar-refractivity contribution in [3.8, 4) is 5.75 Å². The molecule has 0 N–H and O–H groups in total. The number of methoxy groups -OCH3 is 1. The van der Waals surface area contributed by atoms with Crippen molar-refractivity contribution in [1.82, 2.24) is 0 Å². The molecule has 0 radical (unpaired) electrons. The van der Waals surface area contributed by atoms with Crippen LogP contribution < -0.4 is 9.75 Å². The van der Waals surface area contributed by atoms with Crippen molar-refractivity contribution in [2.75, 3.05) is 18.7 Å². The molecule has 7 nitrogen and oxygen atoms in total. The number of ether oxygens (including phenoxy) is 1. The molecule has 7 heteroatoms.